The molecule has 0 atom stereocenters. The fraction of sp³-hybridized carbons (Fsp3) is 0.400. The quantitative estimate of drug-likeness (QED) is 0.184. The van der Waals surface area contributed by atoms with E-state index >= 15 is 0 Å². The summed E-state index contributed by atoms with van der Waals surface area (Å²) in [7, 11) is -2.79. The first-order valence-corrected chi connectivity index (χ1v) is 18.2. The predicted molar refractivity (Wildman–Crippen MR) is 153 cm³/mol. The van der Waals surface area contributed by atoms with Gasteiger partial charge in [0.2, 0.25) is 0 Å². The van der Waals surface area contributed by atoms with Crippen LogP contribution in [-0.2, 0) is 0 Å². The molecule has 0 aliphatic rings. The van der Waals surface area contributed by atoms with Crippen LogP contribution in [0.2, 0.25) is 36.3 Å². The number of hydrogen-bond acceptors (Lipinski definition) is 0. The van der Waals surface area contributed by atoms with Crippen molar-refractivity contribution in [1.82, 2.24) is 0 Å². The maximum absolute atomic E-state index is 2.57. The first-order valence-electron chi connectivity index (χ1n) is 12.9. The minimum absolute atomic E-state index is 1.33. The van der Waals surface area contributed by atoms with Gasteiger partial charge >= 0.3 is 0 Å². The van der Waals surface area contributed by atoms with Crippen LogP contribution in [0.1, 0.15) is 41.5 Å². The van der Waals surface area contributed by atoms with Crippen LogP contribution in [0, 0.1) is 0 Å². The van der Waals surface area contributed by atoms with E-state index in [0.717, 1.165) is 0 Å². The van der Waals surface area contributed by atoms with Gasteiger partial charge in [-0.3, -0.25) is 0 Å². The molecule has 0 saturated heterocycles. The second-order valence-corrected chi connectivity index (χ2v) is 20.3. The van der Waals surface area contributed by atoms with Crippen LogP contribution >= 0.6 is 0 Å². The van der Waals surface area contributed by atoms with Crippen LogP contribution in [0.25, 0.3) is 32.3 Å². The first kappa shape index (κ1) is 23.3. The minimum Gasteiger partial charge on any atom is -0.0675 e. The van der Waals surface area contributed by atoms with Crippen molar-refractivity contribution in [1.29, 1.82) is 0 Å². The molecule has 2 heteroatoms. The summed E-state index contributed by atoms with van der Waals surface area (Å²) < 4.78 is 0. The Kier molecular flexibility index (Phi) is 6.65. The van der Waals surface area contributed by atoms with Crippen molar-refractivity contribution in [2.75, 3.05) is 0 Å². The van der Waals surface area contributed by atoms with Crippen LogP contribution in [0.4, 0.5) is 0 Å². The summed E-state index contributed by atoms with van der Waals surface area (Å²) in [5.41, 5.74) is 0. The minimum atomic E-state index is -1.39. The second kappa shape index (κ2) is 9.15. The molecule has 4 aromatic carbocycles. The Bertz CT molecular complexity index is 1130. The third-order valence-corrected chi connectivity index (χ3v) is 20.3. The summed E-state index contributed by atoms with van der Waals surface area (Å²) in [6.07, 6.45) is 0. The molecule has 0 aliphatic carbocycles. The fourth-order valence-electron chi connectivity index (χ4n) is 6.25. The van der Waals surface area contributed by atoms with E-state index in [2.05, 4.69) is 102 Å². The maximum Gasteiger partial charge on any atom is 0.0859 e. The molecule has 4 rings (SSSR count). The van der Waals surface area contributed by atoms with E-state index in [-0.39, 0.29) is 0 Å². The summed E-state index contributed by atoms with van der Waals surface area (Å²) in [4.78, 5) is 0. The van der Waals surface area contributed by atoms with Crippen LogP contribution < -0.4 is 10.4 Å². The van der Waals surface area contributed by atoms with Gasteiger partial charge in [-0.25, -0.2) is 0 Å². The average Bonchev–Trinajstić information content (AvgIpc) is 2.86. The number of benzene rings is 4. The normalized spacial score (nSPS) is 12.8. The lowest BCUT2D eigenvalue weighted by molar-refractivity contribution is 1.20. The molecule has 0 aliphatic heterocycles. The summed E-state index contributed by atoms with van der Waals surface area (Å²) in [5, 5.41) is 11.8. The van der Waals surface area contributed by atoms with Crippen molar-refractivity contribution in [2.45, 2.75) is 77.8 Å². The molecular formula is C30H40Si2. The molecule has 0 unspecified atom stereocenters. The molecule has 32 heavy (non-hydrogen) atoms. The molecule has 0 radical (unpaired) electrons. The zero-order valence-corrected chi connectivity index (χ0v) is 23.0. The largest absolute Gasteiger partial charge is 0.0859 e. The maximum atomic E-state index is 2.57. The van der Waals surface area contributed by atoms with Gasteiger partial charge < -0.3 is 0 Å². The Labute approximate surface area is 197 Å². The standard InChI is InChI=1S/C30H40Si2/c1-7-31(8-2,9-3)25-17-13-23-15-20-28-27(29(23)21-25)19-16-24-14-18-26(22-30(24)28)32(10-4,11-5)12-6/h13-22H,7-12H2,1-6H3. The third-order valence-electron chi connectivity index (χ3n) is 9.12. The van der Waals surface area contributed by atoms with E-state index in [1.165, 1.54) is 68.6 Å². The van der Waals surface area contributed by atoms with E-state index in [9.17, 15) is 0 Å². The van der Waals surface area contributed by atoms with Gasteiger partial charge in [0, 0.05) is 0 Å². The molecule has 0 aromatic heterocycles. The van der Waals surface area contributed by atoms with E-state index in [1.54, 1.807) is 10.4 Å². The summed E-state index contributed by atoms with van der Waals surface area (Å²) >= 11 is 0. The lowest BCUT2D eigenvalue weighted by Gasteiger charge is -2.29. The summed E-state index contributed by atoms with van der Waals surface area (Å²) in [6, 6.07) is 32.3. The topological polar surface area (TPSA) is 0 Å². The molecule has 0 amide bonds. The molecule has 0 saturated carbocycles. The predicted octanol–water partition coefficient (Wildman–Crippen LogP) is 8.58. The van der Waals surface area contributed by atoms with Crippen molar-refractivity contribution >= 4 is 58.8 Å². The average molecular weight is 457 g/mol. The SMILES string of the molecule is CC[Si](CC)(CC)c1ccc2ccc3c4cc([Si](CC)(CC)CC)ccc4ccc3c2c1. The molecule has 0 nitrogen and oxygen atoms in total. The first-order chi connectivity index (χ1) is 15.5. The molecule has 4 aromatic rings. The monoisotopic (exact) mass is 456 g/mol. The molecule has 168 valence electrons. The molecule has 0 N–H and O–H groups in total. The van der Waals surface area contributed by atoms with Gasteiger partial charge in [0.15, 0.2) is 0 Å². The number of fused-ring (bicyclic) bond motifs is 5. The summed E-state index contributed by atoms with van der Waals surface area (Å²) in [5.74, 6) is 0. The van der Waals surface area contributed by atoms with Gasteiger partial charge in [0.1, 0.15) is 0 Å². The highest BCUT2D eigenvalue weighted by Crippen LogP contribution is 2.33. The van der Waals surface area contributed by atoms with Crippen molar-refractivity contribution < 1.29 is 0 Å². The van der Waals surface area contributed by atoms with Crippen molar-refractivity contribution in [3.63, 3.8) is 0 Å². The Morgan fingerprint density at radius 3 is 1.03 bits per heavy atom. The van der Waals surface area contributed by atoms with Crippen molar-refractivity contribution in [3.8, 4) is 0 Å². The third kappa shape index (κ3) is 3.56. The zero-order valence-electron chi connectivity index (χ0n) is 21.0. The molecular weight excluding hydrogens is 417 g/mol. The molecule has 0 bridgehead atoms. The van der Waals surface area contributed by atoms with Crippen LogP contribution in [-0.4, -0.2) is 16.1 Å². The van der Waals surface area contributed by atoms with Gasteiger partial charge in [-0.1, -0.05) is 149 Å². The lowest BCUT2D eigenvalue weighted by atomic mass is 9.97. The van der Waals surface area contributed by atoms with Crippen molar-refractivity contribution in [2.24, 2.45) is 0 Å². The van der Waals surface area contributed by atoms with Gasteiger partial charge in [-0.05, 0) is 32.3 Å². The van der Waals surface area contributed by atoms with E-state index in [1.807, 2.05) is 0 Å². The molecule has 0 fully saturated rings. The molecule has 0 heterocycles. The number of rotatable bonds is 8. The zero-order chi connectivity index (χ0) is 22.9. The van der Waals surface area contributed by atoms with Gasteiger partial charge in [0.25, 0.3) is 0 Å². The van der Waals surface area contributed by atoms with Gasteiger partial charge in [-0.15, -0.1) is 0 Å². The van der Waals surface area contributed by atoms with Crippen LogP contribution in [0.3, 0.4) is 0 Å². The van der Waals surface area contributed by atoms with Crippen LogP contribution in [0.5, 0.6) is 0 Å². The van der Waals surface area contributed by atoms with E-state index < -0.39 is 16.1 Å². The Morgan fingerprint density at radius 2 is 0.719 bits per heavy atom. The smallest absolute Gasteiger partial charge is 0.0675 e. The van der Waals surface area contributed by atoms with E-state index in [4.69, 9.17) is 0 Å². The Balaban J connectivity index is 2.01. The van der Waals surface area contributed by atoms with E-state index in [0.29, 0.717) is 0 Å². The Morgan fingerprint density at radius 1 is 0.406 bits per heavy atom. The lowest BCUT2D eigenvalue weighted by Crippen LogP contribution is -2.45. The second-order valence-electron chi connectivity index (χ2n) is 9.78. The fourth-order valence-corrected chi connectivity index (χ4v) is 13.5. The Hall–Kier alpha value is -1.91. The highest BCUT2D eigenvalue weighted by molar-refractivity contribution is 6.92. The van der Waals surface area contributed by atoms with Gasteiger partial charge in [-0.2, -0.15) is 0 Å². The van der Waals surface area contributed by atoms with Gasteiger partial charge in [0.05, 0.1) is 16.1 Å². The number of hydrogen-bond donors (Lipinski definition) is 0. The highest BCUT2D eigenvalue weighted by Gasteiger charge is 2.30. The van der Waals surface area contributed by atoms with Crippen molar-refractivity contribution in [3.05, 3.63) is 60.7 Å². The molecule has 0 spiro atoms. The highest BCUT2D eigenvalue weighted by atomic mass is 28.3. The van der Waals surface area contributed by atoms with Crippen LogP contribution in [0.15, 0.2) is 60.7 Å². The summed E-state index contributed by atoms with van der Waals surface area (Å²) in [6.45, 7) is 14.5.